The molecule has 0 spiro atoms. The number of fused-ring (bicyclic) bond motifs is 1. The average molecular weight is 334 g/mol. The van der Waals surface area contributed by atoms with Crippen LogP contribution in [0, 0.1) is 0 Å². The zero-order valence-corrected chi connectivity index (χ0v) is 12.2. The molecule has 1 fully saturated rings. The van der Waals surface area contributed by atoms with Gasteiger partial charge in [-0.2, -0.15) is 0 Å². The quantitative estimate of drug-likeness (QED) is 0.778. The summed E-state index contributed by atoms with van der Waals surface area (Å²) in [5, 5.41) is 0.746. The average Bonchev–Trinajstić information content (AvgIpc) is 2.86. The Bertz CT molecular complexity index is 446. The van der Waals surface area contributed by atoms with E-state index in [9.17, 15) is 0 Å². The molecule has 18 heavy (non-hydrogen) atoms. The van der Waals surface area contributed by atoms with Crippen LogP contribution in [-0.2, 0) is 15.9 Å². The van der Waals surface area contributed by atoms with E-state index >= 15 is 0 Å². The van der Waals surface area contributed by atoms with Gasteiger partial charge in [-0.15, -0.1) is 0 Å². The monoisotopic (exact) mass is 332 g/mol. The summed E-state index contributed by atoms with van der Waals surface area (Å²) >= 11 is 9.85. The normalized spacial score (nSPS) is 24.4. The van der Waals surface area contributed by atoms with E-state index in [1.807, 2.05) is 12.1 Å². The molecule has 2 aliphatic rings. The van der Waals surface area contributed by atoms with Gasteiger partial charge in [-0.1, -0.05) is 27.5 Å². The first-order valence-corrected chi connectivity index (χ1v) is 7.33. The summed E-state index contributed by atoms with van der Waals surface area (Å²) in [5.41, 5.74) is 2.24. The van der Waals surface area contributed by atoms with E-state index in [-0.39, 0.29) is 10.9 Å². The molecule has 2 heterocycles. The van der Waals surface area contributed by atoms with Gasteiger partial charge in [-0.25, -0.2) is 0 Å². The Morgan fingerprint density at radius 1 is 1.28 bits per heavy atom. The summed E-state index contributed by atoms with van der Waals surface area (Å²) in [4.78, 5) is 0.0448. The fourth-order valence-corrected chi connectivity index (χ4v) is 3.27. The molecule has 3 rings (SSSR count). The minimum atomic E-state index is 0.00511. The minimum Gasteiger partial charge on any atom is -0.493 e. The molecule has 0 radical (unpaired) electrons. The molecule has 0 bridgehead atoms. The van der Waals surface area contributed by atoms with Crippen LogP contribution in [0.2, 0.25) is 5.02 Å². The molecule has 2 atom stereocenters. The lowest BCUT2D eigenvalue weighted by atomic mass is 10.0. The minimum absolute atomic E-state index is 0.00511. The Hall–Kier alpha value is -0.290. The fourth-order valence-electron chi connectivity index (χ4n) is 2.38. The molecule has 5 heteroatoms. The maximum Gasteiger partial charge on any atom is 0.127 e. The number of hydrogen-bond acceptors (Lipinski definition) is 3. The van der Waals surface area contributed by atoms with Crippen molar-refractivity contribution in [2.45, 2.75) is 17.4 Å². The van der Waals surface area contributed by atoms with E-state index in [1.165, 1.54) is 5.56 Å². The predicted octanol–water partition coefficient (Wildman–Crippen LogP) is 3.13. The van der Waals surface area contributed by atoms with Gasteiger partial charge in [0.05, 0.1) is 37.4 Å². The van der Waals surface area contributed by atoms with E-state index in [0.29, 0.717) is 19.8 Å². The van der Waals surface area contributed by atoms with Crippen LogP contribution in [0.15, 0.2) is 12.1 Å². The van der Waals surface area contributed by atoms with Crippen molar-refractivity contribution in [3.8, 4) is 5.75 Å². The van der Waals surface area contributed by atoms with Crippen LogP contribution >= 0.6 is 27.5 Å². The Morgan fingerprint density at radius 2 is 2.17 bits per heavy atom. The third-order valence-electron chi connectivity index (χ3n) is 3.24. The molecule has 3 nitrogen and oxygen atoms in total. The Morgan fingerprint density at radius 3 is 2.94 bits per heavy atom. The highest BCUT2D eigenvalue weighted by Gasteiger charge is 2.29. The molecule has 0 N–H and O–H groups in total. The van der Waals surface area contributed by atoms with E-state index in [2.05, 4.69) is 15.9 Å². The van der Waals surface area contributed by atoms with E-state index in [0.717, 1.165) is 29.4 Å². The molecule has 0 aliphatic carbocycles. The fraction of sp³-hybridized carbons (Fsp3) is 0.538. The summed E-state index contributed by atoms with van der Waals surface area (Å²) in [6.45, 7) is 2.62. The number of hydrogen-bond donors (Lipinski definition) is 0. The van der Waals surface area contributed by atoms with Gasteiger partial charge in [-0.3, -0.25) is 0 Å². The van der Waals surface area contributed by atoms with Crippen LogP contribution < -0.4 is 4.74 Å². The van der Waals surface area contributed by atoms with Gasteiger partial charge in [-0.05, 0) is 17.7 Å². The number of alkyl halides is 1. The molecule has 0 aromatic heterocycles. The molecular weight excluding hydrogens is 319 g/mol. The van der Waals surface area contributed by atoms with Crippen molar-refractivity contribution in [2.24, 2.45) is 0 Å². The summed E-state index contributed by atoms with van der Waals surface area (Å²) in [6, 6.07) is 3.93. The van der Waals surface area contributed by atoms with Gasteiger partial charge >= 0.3 is 0 Å². The molecule has 1 saturated heterocycles. The van der Waals surface area contributed by atoms with Gasteiger partial charge in [0.15, 0.2) is 0 Å². The third-order valence-corrected chi connectivity index (χ3v) is 4.54. The van der Waals surface area contributed by atoms with E-state index in [1.54, 1.807) is 0 Å². The highest BCUT2D eigenvalue weighted by Crippen LogP contribution is 2.41. The lowest BCUT2D eigenvalue weighted by molar-refractivity contribution is -0.0877. The standard InChI is InChI=1S/C13H14BrClO3/c14-12(11-7-16-3-4-17-11)10-6-9(15)5-8-1-2-18-13(8)10/h5-6,11-12H,1-4,7H2. The molecule has 1 aromatic carbocycles. The summed E-state index contributed by atoms with van der Waals surface area (Å²) in [7, 11) is 0. The van der Waals surface area contributed by atoms with Gasteiger partial charge in [0.25, 0.3) is 0 Å². The van der Waals surface area contributed by atoms with Crippen LogP contribution in [0.1, 0.15) is 16.0 Å². The van der Waals surface area contributed by atoms with Gasteiger partial charge in [0.1, 0.15) is 5.75 Å². The largest absolute Gasteiger partial charge is 0.493 e. The second kappa shape index (κ2) is 5.37. The maximum absolute atomic E-state index is 6.16. The van der Waals surface area contributed by atoms with Crippen molar-refractivity contribution < 1.29 is 14.2 Å². The van der Waals surface area contributed by atoms with E-state index < -0.39 is 0 Å². The summed E-state index contributed by atoms with van der Waals surface area (Å²) in [5.74, 6) is 0.954. The number of benzene rings is 1. The van der Waals surface area contributed by atoms with Gasteiger partial charge in [0.2, 0.25) is 0 Å². The number of rotatable bonds is 2. The van der Waals surface area contributed by atoms with E-state index in [4.69, 9.17) is 25.8 Å². The first-order valence-electron chi connectivity index (χ1n) is 6.04. The highest BCUT2D eigenvalue weighted by molar-refractivity contribution is 9.09. The predicted molar refractivity (Wildman–Crippen MR) is 72.9 cm³/mol. The Kier molecular flexibility index (Phi) is 3.80. The highest BCUT2D eigenvalue weighted by atomic mass is 79.9. The molecular formula is C13H14BrClO3. The number of ether oxygens (including phenoxy) is 3. The van der Waals surface area contributed by atoms with Crippen LogP contribution in [0.3, 0.4) is 0 Å². The lowest BCUT2D eigenvalue weighted by Gasteiger charge is -2.28. The second-order valence-electron chi connectivity index (χ2n) is 4.47. The van der Waals surface area contributed by atoms with Crippen LogP contribution in [0.4, 0.5) is 0 Å². The Labute approximate surface area is 119 Å². The molecule has 2 unspecified atom stereocenters. The van der Waals surface area contributed by atoms with Crippen molar-refractivity contribution >= 4 is 27.5 Å². The maximum atomic E-state index is 6.16. The topological polar surface area (TPSA) is 27.7 Å². The second-order valence-corrected chi connectivity index (χ2v) is 5.89. The van der Waals surface area contributed by atoms with Crippen molar-refractivity contribution in [2.75, 3.05) is 26.4 Å². The smallest absolute Gasteiger partial charge is 0.127 e. The SMILES string of the molecule is Clc1cc2c(c(C(Br)C3COCCO3)c1)OCC2. The first kappa shape index (κ1) is 12.7. The van der Waals surface area contributed by atoms with Crippen molar-refractivity contribution in [3.05, 3.63) is 28.3 Å². The van der Waals surface area contributed by atoms with Crippen LogP contribution in [0.25, 0.3) is 0 Å². The first-order chi connectivity index (χ1) is 8.75. The van der Waals surface area contributed by atoms with Gasteiger partial charge in [0, 0.05) is 17.0 Å². The molecule has 0 amide bonds. The summed E-state index contributed by atoms with van der Waals surface area (Å²) in [6.07, 6.45) is 0.926. The van der Waals surface area contributed by atoms with Crippen molar-refractivity contribution in [3.63, 3.8) is 0 Å². The summed E-state index contributed by atoms with van der Waals surface area (Å²) < 4.78 is 16.9. The molecule has 98 valence electrons. The van der Waals surface area contributed by atoms with Crippen LogP contribution in [0.5, 0.6) is 5.75 Å². The third kappa shape index (κ3) is 2.39. The lowest BCUT2D eigenvalue weighted by Crippen LogP contribution is -2.31. The van der Waals surface area contributed by atoms with Gasteiger partial charge < -0.3 is 14.2 Å². The Balaban J connectivity index is 1.91. The molecule has 2 aliphatic heterocycles. The van der Waals surface area contributed by atoms with Crippen molar-refractivity contribution in [1.82, 2.24) is 0 Å². The molecule has 1 aromatic rings. The van der Waals surface area contributed by atoms with Crippen molar-refractivity contribution in [1.29, 1.82) is 0 Å². The number of halogens is 2. The zero-order chi connectivity index (χ0) is 12.5. The van der Waals surface area contributed by atoms with Crippen LogP contribution in [-0.4, -0.2) is 32.5 Å². The molecule has 0 saturated carbocycles. The zero-order valence-electron chi connectivity index (χ0n) is 9.83.